The zero-order valence-electron chi connectivity index (χ0n) is 14.9. The first-order valence-corrected chi connectivity index (χ1v) is 8.57. The molecule has 0 aliphatic carbocycles. The third-order valence-corrected chi connectivity index (χ3v) is 5.88. The molecular formula is C19H10F11N. The molecule has 31 heavy (non-hydrogen) atoms. The predicted molar refractivity (Wildman–Crippen MR) is 83.9 cm³/mol. The Morgan fingerprint density at radius 3 is 1.23 bits per heavy atom. The number of fused-ring (bicyclic) bond motifs is 1. The van der Waals surface area contributed by atoms with Gasteiger partial charge < -0.3 is 0 Å². The lowest BCUT2D eigenvalue weighted by molar-refractivity contribution is -0.342. The van der Waals surface area contributed by atoms with E-state index < -0.39 is 57.1 Å². The molecule has 0 bridgehead atoms. The Morgan fingerprint density at radius 1 is 0.516 bits per heavy atom. The second-order valence-electron chi connectivity index (χ2n) is 7.25. The summed E-state index contributed by atoms with van der Waals surface area (Å²) < 4.78 is 160. The monoisotopic (exact) mass is 461 g/mol. The first-order valence-electron chi connectivity index (χ1n) is 8.57. The van der Waals surface area contributed by atoms with Crippen LogP contribution in [0.15, 0.2) is 60.7 Å². The number of rotatable bonds is 2. The lowest BCUT2D eigenvalue weighted by Crippen LogP contribution is -2.67. The van der Waals surface area contributed by atoms with E-state index in [9.17, 15) is 43.9 Å². The molecule has 0 saturated carbocycles. The van der Waals surface area contributed by atoms with E-state index in [0.717, 1.165) is 36.4 Å². The van der Waals surface area contributed by atoms with Gasteiger partial charge >= 0.3 is 24.2 Å². The summed E-state index contributed by atoms with van der Waals surface area (Å²) in [7, 11) is 0. The first kappa shape index (κ1) is 21.8. The van der Waals surface area contributed by atoms with E-state index in [1.807, 2.05) is 0 Å². The van der Waals surface area contributed by atoms with Crippen molar-refractivity contribution in [2.24, 2.45) is 0 Å². The van der Waals surface area contributed by atoms with E-state index in [1.165, 1.54) is 0 Å². The third kappa shape index (κ3) is 1.98. The lowest BCUT2D eigenvalue weighted by Gasteiger charge is -2.44. The Kier molecular flexibility index (Phi) is 4.02. The molecule has 0 aromatic heterocycles. The molecule has 0 amide bonds. The minimum atomic E-state index is -6.43. The number of benzene rings is 2. The fraction of sp³-hybridized carbons (Fsp3) is 0.368. The summed E-state index contributed by atoms with van der Waals surface area (Å²) in [6.45, 7) is 0. The molecule has 2 saturated heterocycles. The van der Waals surface area contributed by atoms with Crippen LogP contribution < -0.4 is 0 Å². The van der Waals surface area contributed by atoms with Crippen molar-refractivity contribution in [1.29, 1.82) is 0 Å². The zero-order valence-corrected chi connectivity index (χ0v) is 14.9. The van der Waals surface area contributed by atoms with Crippen LogP contribution in [0.2, 0.25) is 0 Å². The molecule has 2 aliphatic rings. The van der Waals surface area contributed by atoms with Crippen LogP contribution in [-0.2, 0) is 11.1 Å². The van der Waals surface area contributed by atoms with Crippen LogP contribution in [0.1, 0.15) is 11.1 Å². The van der Waals surface area contributed by atoms with E-state index in [1.54, 1.807) is 0 Å². The van der Waals surface area contributed by atoms with Gasteiger partial charge in [-0.15, -0.1) is 0 Å². The minimum Gasteiger partial charge on any atom is -0.218 e. The van der Waals surface area contributed by atoms with E-state index in [4.69, 9.17) is 0 Å². The second kappa shape index (κ2) is 5.70. The Balaban J connectivity index is 2.19. The van der Waals surface area contributed by atoms with Gasteiger partial charge in [0.05, 0.1) is 0 Å². The molecule has 2 aliphatic heterocycles. The van der Waals surface area contributed by atoms with Gasteiger partial charge in [0, 0.05) is 0 Å². The normalized spacial score (nSPS) is 36.2. The largest absolute Gasteiger partial charge is 0.417 e. The Hall–Kier alpha value is -2.37. The van der Waals surface area contributed by atoms with Crippen LogP contribution in [-0.4, -0.2) is 34.9 Å². The van der Waals surface area contributed by atoms with Gasteiger partial charge in [-0.05, 0) is 11.1 Å². The highest BCUT2D eigenvalue weighted by Gasteiger charge is 3.12. The molecule has 4 rings (SSSR count). The van der Waals surface area contributed by atoms with Gasteiger partial charge in [0.2, 0.25) is 11.1 Å². The van der Waals surface area contributed by atoms with Gasteiger partial charge in [0.15, 0.2) is 0 Å². The molecule has 2 aromatic carbocycles. The highest BCUT2D eigenvalue weighted by molar-refractivity contribution is 5.54. The molecule has 2 aromatic rings. The maximum absolute atomic E-state index is 15.6. The van der Waals surface area contributed by atoms with Crippen LogP contribution in [0.3, 0.4) is 0 Å². The average molecular weight is 461 g/mol. The van der Waals surface area contributed by atoms with Crippen LogP contribution in [0.5, 0.6) is 0 Å². The summed E-state index contributed by atoms with van der Waals surface area (Å²) >= 11 is 0. The summed E-state index contributed by atoms with van der Waals surface area (Å²) in [6.07, 6.45) is -12.6. The molecule has 0 N–H and O–H groups in total. The van der Waals surface area contributed by atoms with E-state index in [2.05, 4.69) is 0 Å². The topological polar surface area (TPSA) is 3.01 Å². The van der Waals surface area contributed by atoms with Crippen molar-refractivity contribution in [3.05, 3.63) is 71.8 Å². The van der Waals surface area contributed by atoms with Crippen molar-refractivity contribution < 1.29 is 48.3 Å². The quantitative estimate of drug-likeness (QED) is 0.294. The van der Waals surface area contributed by atoms with Gasteiger partial charge in [-0.2, -0.15) is 43.9 Å². The summed E-state index contributed by atoms with van der Waals surface area (Å²) in [6, 6.07) is 6.88. The van der Waals surface area contributed by atoms with Crippen LogP contribution >= 0.6 is 0 Å². The van der Waals surface area contributed by atoms with Crippen LogP contribution in [0, 0.1) is 0 Å². The predicted octanol–water partition coefficient (Wildman–Crippen LogP) is 6.17. The van der Waals surface area contributed by atoms with Crippen molar-refractivity contribution in [3.8, 4) is 0 Å². The van der Waals surface area contributed by atoms with E-state index >= 15 is 4.39 Å². The standard InChI is InChI=1S/C19H10F11N/c20-15(21)13(18(25,26)27,11-7-3-1-4-8-11)31-14(19(28,29)30,12-9-5-2-6-10-12)17(31,24)16(15,22)23/h1-10H/t13-,14+,17-,31?/m1/s1. The number of hydrogen-bond acceptors (Lipinski definition) is 1. The molecule has 168 valence electrons. The van der Waals surface area contributed by atoms with Crippen molar-refractivity contribution in [3.63, 3.8) is 0 Å². The Labute approximate surface area is 167 Å². The summed E-state index contributed by atoms with van der Waals surface area (Å²) in [4.78, 5) is -1.45. The van der Waals surface area contributed by atoms with Crippen molar-refractivity contribution >= 4 is 0 Å². The maximum atomic E-state index is 15.6. The Morgan fingerprint density at radius 2 is 0.871 bits per heavy atom. The molecule has 1 nitrogen and oxygen atoms in total. The smallest absolute Gasteiger partial charge is 0.218 e. The fourth-order valence-electron chi connectivity index (χ4n) is 4.70. The maximum Gasteiger partial charge on any atom is 0.417 e. The van der Waals surface area contributed by atoms with Crippen molar-refractivity contribution in [1.82, 2.24) is 4.90 Å². The number of piperidine rings is 1. The molecule has 2 heterocycles. The molecule has 0 spiro atoms. The van der Waals surface area contributed by atoms with Gasteiger partial charge in [0.25, 0.3) is 5.79 Å². The van der Waals surface area contributed by atoms with Crippen molar-refractivity contribution in [2.45, 2.75) is 41.1 Å². The third-order valence-electron chi connectivity index (χ3n) is 5.88. The molecular weight excluding hydrogens is 451 g/mol. The number of alkyl halides is 11. The molecule has 0 radical (unpaired) electrons. The van der Waals surface area contributed by atoms with Crippen molar-refractivity contribution in [2.75, 3.05) is 0 Å². The highest BCUT2D eigenvalue weighted by atomic mass is 19.4. The Bertz CT molecular complexity index is 1000. The van der Waals surface area contributed by atoms with E-state index in [0.29, 0.717) is 24.3 Å². The summed E-state index contributed by atoms with van der Waals surface area (Å²) in [5, 5.41) is 0. The molecule has 2 fully saturated rings. The van der Waals surface area contributed by atoms with Gasteiger partial charge in [0.1, 0.15) is 0 Å². The van der Waals surface area contributed by atoms with Crippen LogP contribution in [0.4, 0.5) is 48.3 Å². The summed E-state index contributed by atoms with van der Waals surface area (Å²) in [5.41, 5.74) is -13.0. The average Bonchev–Trinajstić information content (AvgIpc) is 3.22. The number of nitrogens with zero attached hydrogens (tertiary/aromatic N) is 1. The first-order chi connectivity index (χ1) is 14.1. The molecule has 12 heteroatoms. The summed E-state index contributed by atoms with van der Waals surface area (Å²) in [5.74, 6) is -18.1. The fourth-order valence-corrected chi connectivity index (χ4v) is 4.70. The highest BCUT2D eigenvalue weighted by Crippen LogP contribution is 2.86. The van der Waals surface area contributed by atoms with Gasteiger partial charge in [-0.3, -0.25) is 0 Å². The van der Waals surface area contributed by atoms with E-state index in [-0.39, 0.29) is 0 Å². The number of hydrogen-bond donors (Lipinski definition) is 0. The van der Waals surface area contributed by atoms with Crippen LogP contribution in [0.25, 0.3) is 0 Å². The van der Waals surface area contributed by atoms with Gasteiger partial charge in [-0.25, -0.2) is 9.29 Å². The molecule has 1 unspecified atom stereocenters. The van der Waals surface area contributed by atoms with Gasteiger partial charge in [-0.1, -0.05) is 60.7 Å². The minimum absolute atomic E-state index is 0.313. The number of halogens is 11. The molecule has 4 atom stereocenters. The second-order valence-corrected chi connectivity index (χ2v) is 7.25. The zero-order chi connectivity index (χ0) is 23.3. The SMILES string of the molecule is FC(F)(F)[C@]1(c2ccccc2)N2[C@@](F)(C(F)(F)C1(F)F)[C@@]2(c1ccccc1)C(F)(F)F. The lowest BCUT2D eigenvalue weighted by atomic mass is 9.76.